The third-order valence-electron chi connectivity index (χ3n) is 3.51. The second kappa shape index (κ2) is 7.05. The first-order valence-electron chi connectivity index (χ1n) is 7.21. The van der Waals surface area contributed by atoms with Gasteiger partial charge in [0.2, 0.25) is 0 Å². The quantitative estimate of drug-likeness (QED) is 0.877. The lowest BCUT2D eigenvalue weighted by Gasteiger charge is -2.14. The van der Waals surface area contributed by atoms with Crippen molar-refractivity contribution in [2.75, 3.05) is 5.32 Å². The molecule has 120 valence electrons. The molecule has 0 fully saturated rings. The fourth-order valence-electron chi connectivity index (χ4n) is 1.93. The van der Waals surface area contributed by atoms with Gasteiger partial charge in [-0.25, -0.2) is 9.18 Å². The number of carbonyl (C=O) groups excluding carboxylic acids is 2. The van der Waals surface area contributed by atoms with Gasteiger partial charge in [0.15, 0.2) is 6.10 Å². The van der Waals surface area contributed by atoms with Crippen LogP contribution in [0.25, 0.3) is 0 Å². The first-order valence-corrected chi connectivity index (χ1v) is 7.21. The molecule has 4 nitrogen and oxygen atoms in total. The molecule has 0 spiro atoms. The summed E-state index contributed by atoms with van der Waals surface area (Å²) in [5.74, 6) is -1.43. The second-order valence-electron chi connectivity index (χ2n) is 5.34. The average molecular weight is 315 g/mol. The number of hydrogen-bond donors (Lipinski definition) is 1. The first-order chi connectivity index (χ1) is 10.9. The summed E-state index contributed by atoms with van der Waals surface area (Å²) in [4.78, 5) is 24.1. The van der Waals surface area contributed by atoms with E-state index in [-0.39, 0.29) is 0 Å². The van der Waals surface area contributed by atoms with Gasteiger partial charge in [-0.15, -0.1) is 0 Å². The van der Waals surface area contributed by atoms with Crippen LogP contribution >= 0.6 is 0 Å². The summed E-state index contributed by atoms with van der Waals surface area (Å²) in [6, 6.07) is 10.6. The van der Waals surface area contributed by atoms with Gasteiger partial charge in [0.1, 0.15) is 5.82 Å². The number of rotatable bonds is 4. The lowest BCUT2D eigenvalue weighted by Crippen LogP contribution is -2.30. The van der Waals surface area contributed by atoms with Crippen LogP contribution in [0.4, 0.5) is 10.1 Å². The van der Waals surface area contributed by atoms with E-state index >= 15 is 0 Å². The summed E-state index contributed by atoms with van der Waals surface area (Å²) in [5, 5.41) is 2.56. The van der Waals surface area contributed by atoms with Crippen LogP contribution in [-0.2, 0) is 9.53 Å². The van der Waals surface area contributed by atoms with Gasteiger partial charge >= 0.3 is 5.97 Å². The maximum absolute atomic E-state index is 12.8. The molecule has 0 bridgehead atoms. The Morgan fingerprint density at radius 3 is 2.30 bits per heavy atom. The molecule has 0 saturated heterocycles. The molecule has 0 aliphatic heterocycles. The molecular formula is C18H18FNO3. The third kappa shape index (κ3) is 4.39. The largest absolute Gasteiger partial charge is 0.449 e. The van der Waals surface area contributed by atoms with E-state index in [4.69, 9.17) is 4.74 Å². The highest BCUT2D eigenvalue weighted by Gasteiger charge is 2.19. The molecule has 23 heavy (non-hydrogen) atoms. The highest BCUT2D eigenvalue weighted by molar-refractivity contribution is 5.97. The van der Waals surface area contributed by atoms with Crippen LogP contribution in [0.3, 0.4) is 0 Å². The van der Waals surface area contributed by atoms with Crippen LogP contribution in [0.1, 0.15) is 28.4 Å². The fraction of sp³-hybridized carbons (Fsp3) is 0.222. The minimum Gasteiger partial charge on any atom is -0.449 e. The zero-order chi connectivity index (χ0) is 17.0. The van der Waals surface area contributed by atoms with Gasteiger partial charge in [-0.2, -0.15) is 0 Å². The molecule has 1 atom stereocenters. The number of carbonyl (C=O) groups is 2. The van der Waals surface area contributed by atoms with Crippen LogP contribution in [0.15, 0.2) is 42.5 Å². The fourth-order valence-corrected chi connectivity index (χ4v) is 1.93. The van der Waals surface area contributed by atoms with Crippen LogP contribution in [-0.4, -0.2) is 18.0 Å². The van der Waals surface area contributed by atoms with Crippen molar-refractivity contribution in [1.82, 2.24) is 0 Å². The number of hydrogen-bond acceptors (Lipinski definition) is 3. The molecule has 1 amide bonds. The van der Waals surface area contributed by atoms with Crippen LogP contribution in [0.2, 0.25) is 0 Å². The zero-order valence-electron chi connectivity index (χ0n) is 13.2. The monoisotopic (exact) mass is 315 g/mol. The number of halogens is 1. The minimum atomic E-state index is -0.964. The van der Waals surface area contributed by atoms with Crippen molar-refractivity contribution >= 4 is 17.6 Å². The summed E-state index contributed by atoms with van der Waals surface area (Å²) in [6.07, 6.45) is -0.964. The minimum absolute atomic E-state index is 0.391. The van der Waals surface area contributed by atoms with E-state index < -0.39 is 23.8 Å². The van der Waals surface area contributed by atoms with Crippen molar-refractivity contribution in [3.05, 3.63) is 65.0 Å². The number of ether oxygens (including phenoxy) is 1. The molecule has 0 radical (unpaired) electrons. The van der Waals surface area contributed by atoms with Gasteiger partial charge < -0.3 is 10.1 Å². The Morgan fingerprint density at radius 2 is 1.70 bits per heavy atom. The molecule has 0 heterocycles. The van der Waals surface area contributed by atoms with Crippen molar-refractivity contribution in [3.63, 3.8) is 0 Å². The molecule has 2 aromatic rings. The lowest BCUT2D eigenvalue weighted by molar-refractivity contribution is -0.123. The predicted molar refractivity (Wildman–Crippen MR) is 85.8 cm³/mol. The summed E-state index contributed by atoms with van der Waals surface area (Å²) in [5.41, 5.74) is 2.88. The molecule has 0 aliphatic rings. The predicted octanol–water partition coefficient (Wildman–Crippen LogP) is 3.63. The normalized spacial score (nSPS) is 11.7. The summed E-state index contributed by atoms with van der Waals surface area (Å²) >= 11 is 0. The lowest BCUT2D eigenvalue weighted by atomic mass is 10.1. The second-order valence-corrected chi connectivity index (χ2v) is 5.34. The van der Waals surface area contributed by atoms with Crippen LogP contribution in [0, 0.1) is 19.7 Å². The average Bonchev–Trinajstić information content (AvgIpc) is 2.52. The third-order valence-corrected chi connectivity index (χ3v) is 3.51. The van der Waals surface area contributed by atoms with Gasteiger partial charge in [0.25, 0.3) is 5.91 Å². The zero-order valence-corrected chi connectivity index (χ0v) is 13.2. The Labute approximate surface area is 134 Å². The maximum atomic E-state index is 12.8. The van der Waals surface area contributed by atoms with Crippen molar-refractivity contribution < 1.29 is 18.7 Å². The SMILES string of the molecule is Cc1ccc(C(=O)O[C@H](C)C(=O)Nc2ccc(F)cc2)cc1C. The standard InChI is InChI=1S/C18H18FNO3/c1-11-4-5-14(10-12(11)2)18(22)23-13(3)17(21)20-16-8-6-15(19)7-9-16/h4-10,13H,1-3H3,(H,20,21)/t13-/m1/s1. The molecular weight excluding hydrogens is 297 g/mol. The van der Waals surface area contributed by atoms with Crippen molar-refractivity contribution in [2.45, 2.75) is 26.9 Å². The number of nitrogens with one attached hydrogen (secondary N) is 1. The van der Waals surface area contributed by atoms with Gasteiger partial charge in [0.05, 0.1) is 5.56 Å². The van der Waals surface area contributed by atoms with Gasteiger partial charge in [-0.1, -0.05) is 6.07 Å². The van der Waals surface area contributed by atoms with Gasteiger partial charge in [-0.3, -0.25) is 4.79 Å². The number of benzene rings is 2. The van der Waals surface area contributed by atoms with E-state index in [1.165, 1.54) is 31.2 Å². The molecule has 1 N–H and O–H groups in total. The van der Waals surface area contributed by atoms with E-state index in [0.717, 1.165) is 11.1 Å². The molecule has 0 unspecified atom stereocenters. The Bertz CT molecular complexity index is 726. The Hall–Kier alpha value is -2.69. The van der Waals surface area contributed by atoms with Crippen LogP contribution < -0.4 is 5.32 Å². The van der Waals surface area contributed by atoms with E-state index in [1.807, 2.05) is 19.9 Å². The number of esters is 1. The number of anilines is 1. The molecule has 5 heteroatoms. The topological polar surface area (TPSA) is 55.4 Å². The van der Waals surface area contributed by atoms with E-state index in [2.05, 4.69) is 5.32 Å². The maximum Gasteiger partial charge on any atom is 0.338 e. The number of amides is 1. The molecule has 2 rings (SSSR count). The van der Waals surface area contributed by atoms with Crippen molar-refractivity contribution in [3.8, 4) is 0 Å². The highest BCUT2D eigenvalue weighted by Crippen LogP contribution is 2.13. The summed E-state index contributed by atoms with van der Waals surface area (Å²) in [7, 11) is 0. The Balaban J connectivity index is 1.98. The smallest absolute Gasteiger partial charge is 0.338 e. The Kier molecular flexibility index (Phi) is 5.11. The van der Waals surface area contributed by atoms with Gasteiger partial charge in [-0.05, 0) is 68.3 Å². The molecule has 0 aliphatic carbocycles. The van der Waals surface area contributed by atoms with Crippen molar-refractivity contribution in [1.29, 1.82) is 0 Å². The Morgan fingerprint density at radius 1 is 1.04 bits per heavy atom. The van der Waals surface area contributed by atoms with Crippen molar-refractivity contribution in [2.24, 2.45) is 0 Å². The molecule has 2 aromatic carbocycles. The number of aryl methyl sites for hydroxylation is 2. The summed E-state index contributed by atoms with van der Waals surface area (Å²) < 4.78 is 18.0. The first kappa shape index (κ1) is 16.7. The van der Waals surface area contributed by atoms with E-state index in [0.29, 0.717) is 11.3 Å². The van der Waals surface area contributed by atoms with E-state index in [9.17, 15) is 14.0 Å². The molecule has 0 saturated carbocycles. The molecule has 0 aromatic heterocycles. The summed E-state index contributed by atoms with van der Waals surface area (Å²) in [6.45, 7) is 5.33. The highest BCUT2D eigenvalue weighted by atomic mass is 19.1. The van der Waals surface area contributed by atoms with E-state index in [1.54, 1.807) is 12.1 Å². The van der Waals surface area contributed by atoms with Gasteiger partial charge in [0, 0.05) is 5.69 Å². The van der Waals surface area contributed by atoms with Crippen LogP contribution in [0.5, 0.6) is 0 Å².